The predicted octanol–water partition coefficient (Wildman–Crippen LogP) is 1.95. The summed E-state index contributed by atoms with van der Waals surface area (Å²) in [6, 6.07) is 3.66. The van der Waals surface area contributed by atoms with E-state index in [1.807, 2.05) is 6.92 Å². The van der Waals surface area contributed by atoms with E-state index in [0.29, 0.717) is 6.54 Å². The Morgan fingerprint density at radius 1 is 1.42 bits per heavy atom. The molecule has 2 N–H and O–H groups in total. The van der Waals surface area contributed by atoms with Crippen molar-refractivity contribution in [2.45, 2.75) is 24.3 Å². The van der Waals surface area contributed by atoms with Gasteiger partial charge in [-0.05, 0) is 46.5 Å². The van der Waals surface area contributed by atoms with Crippen LogP contribution in [0.5, 0.6) is 0 Å². The van der Waals surface area contributed by atoms with Gasteiger partial charge in [-0.15, -0.1) is 0 Å². The third-order valence-electron chi connectivity index (χ3n) is 3.19. The Kier molecular flexibility index (Phi) is 4.29. The molecule has 0 spiro atoms. The van der Waals surface area contributed by atoms with Gasteiger partial charge in [0.2, 0.25) is 10.0 Å². The summed E-state index contributed by atoms with van der Waals surface area (Å²) in [4.78, 5) is -0.0329. The van der Waals surface area contributed by atoms with Crippen molar-refractivity contribution >= 4 is 26.0 Å². The highest BCUT2D eigenvalue weighted by Gasteiger charge is 2.32. The second kappa shape index (κ2) is 5.47. The first-order chi connectivity index (χ1) is 8.80. The molecule has 0 aromatic heterocycles. The second-order valence-corrected chi connectivity index (χ2v) is 7.79. The lowest BCUT2D eigenvalue weighted by atomic mass is 9.99. The van der Waals surface area contributed by atoms with E-state index in [1.165, 1.54) is 16.4 Å². The zero-order chi connectivity index (χ0) is 14.2. The van der Waals surface area contributed by atoms with Gasteiger partial charge in [-0.2, -0.15) is 4.31 Å². The molecule has 0 saturated carbocycles. The zero-order valence-electron chi connectivity index (χ0n) is 10.5. The Balaban J connectivity index is 2.33. The Labute approximate surface area is 121 Å². The molecule has 106 valence electrons. The standard InChI is InChI=1S/C12H16BrFN2O2S/c1-8-4-9(15)7-16(6-8)19(17,18)10-2-3-11(13)12(14)5-10/h2-3,5,8-9H,4,6-7,15H2,1H3. The molecule has 1 aromatic rings. The molecule has 0 bridgehead atoms. The smallest absolute Gasteiger partial charge is 0.243 e. The van der Waals surface area contributed by atoms with Crippen LogP contribution in [0.2, 0.25) is 0 Å². The number of piperidine rings is 1. The molecule has 1 aliphatic heterocycles. The van der Waals surface area contributed by atoms with Crippen LogP contribution >= 0.6 is 15.9 Å². The van der Waals surface area contributed by atoms with Crippen LogP contribution in [-0.4, -0.2) is 31.9 Å². The van der Waals surface area contributed by atoms with Crippen molar-refractivity contribution in [1.82, 2.24) is 4.31 Å². The van der Waals surface area contributed by atoms with Crippen molar-refractivity contribution in [2.24, 2.45) is 11.7 Å². The fraction of sp³-hybridized carbons (Fsp3) is 0.500. The molecule has 19 heavy (non-hydrogen) atoms. The molecule has 0 amide bonds. The summed E-state index contributed by atoms with van der Waals surface area (Å²) in [7, 11) is -3.67. The van der Waals surface area contributed by atoms with Gasteiger partial charge in [0.1, 0.15) is 5.82 Å². The maximum absolute atomic E-state index is 13.5. The highest BCUT2D eigenvalue weighted by Crippen LogP contribution is 2.25. The fourth-order valence-electron chi connectivity index (χ4n) is 2.33. The Morgan fingerprint density at radius 3 is 2.68 bits per heavy atom. The second-order valence-electron chi connectivity index (χ2n) is 5.00. The van der Waals surface area contributed by atoms with Crippen molar-refractivity contribution in [1.29, 1.82) is 0 Å². The summed E-state index contributed by atoms with van der Waals surface area (Å²) < 4.78 is 39.9. The maximum Gasteiger partial charge on any atom is 0.243 e. The molecular formula is C12H16BrFN2O2S. The molecule has 2 unspecified atom stereocenters. The van der Waals surface area contributed by atoms with Crippen LogP contribution < -0.4 is 5.73 Å². The minimum atomic E-state index is -3.67. The van der Waals surface area contributed by atoms with Gasteiger partial charge < -0.3 is 5.73 Å². The van der Waals surface area contributed by atoms with E-state index < -0.39 is 15.8 Å². The molecule has 1 aromatic carbocycles. The van der Waals surface area contributed by atoms with Crippen LogP contribution in [0.25, 0.3) is 0 Å². The van der Waals surface area contributed by atoms with Crippen molar-refractivity contribution < 1.29 is 12.8 Å². The van der Waals surface area contributed by atoms with Gasteiger partial charge in [-0.25, -0.2) is 12.8 Å². The fourth-order valence-corrected chi connectivity index (χ4v) is 4.21. The summed E-state index contributed by atoms with van der Waals surface area (Å²) >= 11 is 3.01. The molecule has 4 nitrogen and oxygen atoms in total. The molecule has 1 saturated heterocycles. The van der Waals surface area contributed by atoms with Crippen LogP contribution in [0.1, 0.15) is 13.3 Å². The molecule has 2 rings (SSSR count). The third-order valence-corrected chi connectivity index (χ3v) is 5.66. The predicted molar refractivity (Wildman–Crippen MR) is 74.6 cm³/mol. The summed E-state index contributed by atoms with van der Waals surface area (Å²) in [6.45, 7) is 2.67. The van der Waals surface area contributed by atoms with Gasteiger partial charge in [0.25, 0.3) is 0 Å². The van der Waals surface area contributed by atoms with Crippen LogP contribution in [0.4, 0.5) is 4.39 Å². The SMILES string of the molecule is CC1CC(N)CN(S(=O)(=O)c2ccc(Br)c(F)c2)C1. The van der Waals surface area contributed by atoms with Crippen LogP contribution in [0.3, 0.4) is 0 Å². The van der Waals surface area contributed by atoms with Gasteiger partial charge in [0.15, 0.2) is 0 Å². The number of rotatable bonds is 2. The summed E-state index contributed by atoms with van der Waals surface area (Å²) in [5.41, 5.74) is 5.86. The van der Waals surface area contributed by atoms with Crippen LogP contribution in [0.15, 0.2) is 27.6 Å². The van der Waals surface area contributed by atoms with Crippen molar-refractivity contribution in [3.63, 3.8) is 0 Å². The number of benzene rings is 1. The highest BCUT2D eigenvalue weighted by atomic mass is 79.9. The number of hydrogen-bond acceptors (Lipinski definition) is 3. The lowest BCUT2D eigenvalue weighted by molar-refractivity contribution is 0.254. The number of hydrogen-bond donors (Lipinski definition) is 1. The first kappa shape index (κ1) is 14.9. The van der Waals surface area contributed by atoms with Crippen LogP contribution in [-0.2, 0) is 10.0 Å². The lowest BCUT2D eigenvalue weighted by Crippen LogP contribution is -2.48. The van der Waals surface area contributed by atoms with Gasteiger partial charge in [-0.3, -0.25) is 0 Å². The van der Waals surface area contributed by atoms with Crippen LogP contribution in [0, 0.1) is 11.7 Å². The molecule has 1 aliphatic rings. The number of nitrogens with two attached hydrogens (primary N) is 1. The lowest BCUT2D eigenvalue weighted by Gasteiger charge is -2.33. The average Bonchev–Trinajstić information content (AvgIpc) is 2.31. The summed E-state index contributed by atoms with van der Waals surface area (Å²) in [5, 5.41) is 0. The van der Waals surface area contributed by atoms with E-state index in [4.69, 9.17) is 5.73 Å². The quantitative estimate of drug-likeness (QED) is 0.886. The van der Waals surface area contributed by atoms with Gasteiger partial charge in [-0.1, -0.05) is 6.92 Å². The average molecular weight is 351 g/mol. The maximum atomic E-state index is 13.5. The van der Waals surface area contributed by atoms with E-state index in [9.17, 15) is 12.8 Å². The van der Waals surface area contributed by atoms with E-state index in [2.05, 4.69) is 15.9 Å². The highest BCUT2D eigenvalue weighted by molar-refractivity contribution is 9.10. The molecule has 0 aliphatic carbocycles. The summed E-state index contributed by atoms with van der Waals surface area (Å²) in [5.74, 6) is -0.380. The normalized spacial score (nSPS) is 25.5. The molecule has 0 radical (unpaired) electrons. The Morgan fingerprint density at radius 2 is 2.11 bits per heavy atom. The third kappa shape index (κ3) is 3.16. The summed E-state index contributed by atoms with van der Waals surface area (Å²) in [6.07, 6.45) is 0.806. The Bertz CT molecular complexity index is 569. The largest absolute Gasteiger partial charge is 0.326 e. The first-order valence-electron chi connectivity index (χ1n) is 6.01. The minimum Gasteiger partial charge on any atom is -0.326 e. The molecule has 7 heteroatoms. The van der Waals surface area contributed by atoms with E-state index >= 15 is 0 Å². The molecule has 1 fully saturated rings. The van der Waals surface area contributed by atoms with Gasteiger partial charge in [0.05, 0.1) is 9.37 Å². The van der Waals surface area contributed by atoms with Crippen molar-refractivity contribution in [3.8, 4) is 0 Å². The molecule has 2 atom stereocenters. The van der Waals surface area contributed by atoms with E-state index in [1.54, 1.807) is 0 Å². The van der Waals surface area contributed by atoms with E-state index in [0.717, 1.165) is 12.5 Å². The van der Waals surface area contributed by atoms with Crippen molar-refractivity contribution in [2.75, 3.05) is 13.1 Å². The monoisotopic (exact) mass is 350 g/mol. The number of sulfonamides is 1. The molecule has 1 heterocycles. The molecular weight excluding hydrogens is 335 g/mol. The van der Waals surface area contributed by atoms with Crippen molar-refractivity contribution in [3.05, 3.63) is 28.5 Å². The first-order valence-corrected chi connectivity index (χ1v) is 8.25. The Hall–Kier alpha value is -0.500. The van der Waals surface area contributed by atoms with Gasteiger partial charge in [0, 0.05) is 19.1 Å². The topological polar surface area (TPSA) is 63.4 Å². The minimum absolute atomic E-state index is 0.0329. The zero-order valence-corrected chi connectivity index (χ0v) is 12.9. The number of halogens is 2. The number of nitrogens with zero attached hydrogens (tertiary/aromatic N) is 1. The van der Waals surface area contributed by atoms with Gasteiger partial charge >= 0.3 is 0 Å². The van der Waals surface area contributed by atoms with E-state index in [-0.39, 0.29) is 27.9 Å².